The molecular formula is C20H21N3O4. The van der Waals surface area contributed by atoms with Crippen LogP contribution < -0.4 is 10.1 Å². The minimum absolute atomic E-state index is 0.222. The number of benzene rings is 1. The van der Waals surface area contributed by atoms with Crippen LogP contribution in [0.5, 0.6) is 5.75 Å². The first-order valence-electron chi connectivity index (χ1n) is 8.45. The third-order valence-corrected chi connectivity index (χ3v) is 4.45. The molecule has 0 fully saturated rings. The zero-order chi connectivity index (χ0) is 19.6. The van der Waals surface area contributed by atoms with Crippen LogP contribution in [0.4, 0.5) is 0 Å². The smallest absolute Gasteiger partial charge is 0.306 e. The fourth-order valence-corrected chi connectivity index (χ4v) is 2.99. The predicted molar refractivity (Wildman–Crippen MR) is 100.0 cm³/mol. The maximum absolute atomic E-state index is 12.8. The molecule has 0 spiro atoms. The molecule has 7 nitrogen and oxygen atoms in total. The molecule has 2 N–H and O–H groups in total. The maximum atomic E-state index is 12.8. The molecule has 3 rings (SSSR count). The second kappa shape index (κ2) is 7.11. The Labute approximate surface area is 156 Å². The second-order valence-corrected chi connectivity index (χ2v) is 6.68. The number of methoxy groups -OCH3 is 1. The highest BCUT2D eigenvalue weighted by molar-refractivity contribution is 5.93. The zero-order valence-corrected chi connectivity index (χ0v) is 15.4. The molecule has 2 aromatic heterocycles. The number of aliphatic carboxylic acids is 1. The van der Waals surface area contributed by atoms with Crippen LogP contribution >= 0.6 is 0 Å². The van der Waals surface area contributed by atoms with Gasteiger partial charge in [-0.15, -0.1) is 0 Å². The van der Waals surface area contributed by atoms with Crippen molar-refractivity contribution in [2.75, 3.05) is 7.11 Å². The van der Waals surface area contributed by atoms with Gasteiger partial charge in [0.25, 0.3) is 5.91 Å². The van der Waals surface area contributed by atoms with Crippen molar-refractivity contribution in [3.05, 3.63) is 65.6 Å². The summed E-state index contributed by atoms with van der Waals surface area (Å²) in [7, 11) is 1.53. The van der Waals surface area contributed by atoms with Gasteiger partial charge < -0.3 is 19.6 Å². The summed E-state index contributed by atoms with van der Waals surface area (Å²) in [4.78, 5) is 28.6. The van der Waals surface area contributed by atoms with Gasteiger partial charge in [0.2, 0.25) is 0 Å². The number of nitrogens with zero attached hydrogens (tertiary/aromatic N) is 2. The van der Waals surface area contributed by atoms with Crippen LogP contribution in [0, 0.1) is 6.92 Å². The van der Waals surface area contributed by atoms with E-state index >= 15 is 0 Å². The number of carboxylic acids is 1. The Morgan fingerprint density at radius 1 is 1.30 bits per heavy atom. The number of carbonyl (C=O) groups is 2. The van der Waals surface area contributed by atoms with Crippen LogP contribution in [0.2, 0.25) is 0 Å². The summed E-state index contributed by atoms with van der Waals surface area (Å²) in [6.45, 7) is 3.62. The molecule has 3 aromatic rings. The fourth-order valence-electron chi connectivity index (χ4n) is 2.99. The highest BCUT2D eigenvalue weighted by Crippen LogP contribution is 2.28. The normalized spacial score (nSPS) is 13.1. The van der Waals surface area contributed by atoms with E-state index in [1.807, 2.05) is 25.3 Å². The number of hydrogen-bond donors (Lipinski definition) is 2. The summed E-state index contributed by atoms with van der Waals surface area (Å²) in [6.07, 6.45) is 3.17. The van der Waals surface area contributed by atoms with Gasteiger partial charge in [0.05, 0.1) is 19.1 Å². The van der Waals surface area contributed by atoms with Crippen LogP contribution in [0.3, 0.4) is 0 Å². The number of nitrogens with one attached hydrogen (secondary N) is 1. The number of carbonyl (C=O) groups excluding carboxylic acids is 1. The number of imidazole rings is 1. The summed E-state index contributed by atoms with van der Waals surface area (Å²) >= 11 is 0. The number of pyridine rings is 1. The van der Waals surface area contributed by atoms with Gasteiger partial charge >= 0.3 is 5.97 Å². The lowest BCUT2D eigenvalue weighted by molar-refractivity contribution is -0.138. The minimum atomic E-state index is -1.12. The first-order valence-corrected chi connectivity index (χ1v) is 8.45. The maximum Gasteiger partial charge on any atom is 0.306 e. The van der Waals surface area contributed by atoms with Crippen LogP contribution in [-0.4, -0.2) is 33.5 Å². The molecule has 1 amide bonds. The molecule has 0 saturated carbocycles. The van der Waals surface area contributed by atoms with E-state index in [-0.39, 0.29) is 12.1 Å². The first kappa shape index (κ1) is 18.4. The molecule has 27 heavy (non-hydrogen) atoms. The van der Waals surface area contributed by atoms with E-state index in [2.05, 4.69) is 10.3 Å². The predicted octanol–water partition coefficient (Wildman–Crippen LogP) is 2.77. The number of rotatable bonds is 6. The molecule has 0 saturated heterocycles. The van der Waals surface area contributed by atoms with E-state index in [1.165, 1.54) is 7.11 Å². The van der Waals surface area contributed by atoms with Gasteiger partial charge in [0.15, 0.2) is 0 Å². The molecule has 0 aliphatic carbocycles. The van der Waals surface area contributed by atoms with Crippen molar-refractivity contribution >= 4 is 17.5 Å². The number of carboxylic acid groups (broad SMARTS) is 1. The van der Waals surface area contributed by atoms with Crippen LogP contribution in [0.15, 0.2) is 48.8 Å². The highest BCUT2D eigenvalue weighted by Gasteiger charge is 2.33. The number of aromatic nitrogens is 2. The van der Waals surface area contributed by atoms with Crippen molar-refractivity contribution < 1.29 is 19.4 Å². The molecule has 140 valence electrons. The number of aryl methyl sites for hydroxylation is 1. The van der Waals surface area contributed by atoms with E-state index in [4.69, 9.17) is 4.74 Å². The van der Waals surface area contributed by atoms with Crippen LogP contribution in [-0.2, 0) is 10.3 Å². The second-order valence-electron chi connectivity index (χ2n) is 6.68. The first-order chi connectivity index (χ1) is 12.8. The van der Waals surface area contributed by atoms with E-state index in [9.17, 15) is 14.7 Å². The van der Waals surface area contributed by atoms with Gasteiger partial charge in [-0.05, 0) is 49.2 Å². The standard InChI is InChI=1S/C20H21N3O4/c1-13-7-8-23-12-16(21-17(23)9-13)19(26)22-20(2,11-18(24)25)14-5-4-6-15(10-14)27-3/h4-10,12H,11H2,1-3H3,(H,22,26)(H,24,25). The van der Waals surface area contributed by atoms with Crippen molar-refractivity contribution in [3.63, 3.8) is 0 Å². The van der Waals surface area contributed by atoms with Gasteiger partial charge in [-0.25, -0.2) is 4.98 Å². The van der Waals surface area contributed by atoms with Crippen LogP contribution in [0.1, 0.15) is 35.0 Å². The highest BCUT2D eigenvalue weighted by atomic mass is 16.5. The molecule has 0 radical (unpaired) electrons. The van der Waals surface area contributed by atoms with Gasteiger partial charge in [-0.3, -0.25) is 9.59 Å². The van der Waals surface area contributed by atoms with Crippen molar-refractivity contribution in [2.24, 2.45) is 0 Å². The van der Waals surface area contributed by atoms with E-state index < -0.39 is 17.4 Å². The summed E-state index contributed by atoms with van der Waals surface area (Å²) in [5.74, 6) is -0.879. The number of ether oxygens (including phenoxy) is 1. The number of hydrogen-bond acceptors (Lipinski definition) is 4. The lowest BCUT2D eigenvalue weighted by Crippen LogP contribution is -2.45. The summed E-state index contributed by atoms with van der Waals surface area (Å²) in [6, 6.07) is 10.8. The minimum Gasteiger partial charge on any atom is -0.497 e. The monoisotopic (exact) mass is 367 g/mol. The molecule has 2 heterocycles. The molecule has 1 unspecified atom stereocenters. The van der Waals surface area contributed by atoms with Gasteiger partial charge in [-0.1, -0.05) is 12.1 Å². The Morgan fingerprint density at radius 2 is 2.07 bits per heavy atom. The third-order valence-electron chi connectivity index (χ3n) is 4.45. The van der Waals surface area contributed by atoms with Crippen molar-refractivity contribution in [3.8, 4) is 5.75 Å². The zero-order valence-electron chi connectivity index (χ0n) is 15.4. The van der Waals surface area contributed by atoms with E-state index in [0.29, 0.717) is 17.0 Å². The van der Waals surface area contributed by atoms with Gasteiger partial charge in [0, 0.05) is 12.4 Å². The molecule has 0 aliphatic heterocycles. The Hall–Kier alpha value is -3.35. The lowest BCUT2D eigenvalue weighted by atomic mass is 9.88. The van der Waals surface area contributed by atoms with Gasteiger partial charge in [-0.2, -0.15) is 0 Å². The quantitative estimate of drug-likeness (QED) is 0.699. The largest absolute Gasteiger partial charge is 0.497 e. The number of amides is 1. The Balaban J connectivity index is 1.94. The van der Waals surface area contributed by atoms with Crippen LogP contribution in [0.25, 0.3) is 5.65 Å². The summed E-state index contributed by atoms with van der Waals surface area (Å²) in [5, 5.41) is 12.2. The average Bonchev–Trinajstić information content (AvgIpc) is 3.04. The van der Waals surface area contributed by atoms with Crippen molar-refractivity contribution in [2.45, 2.75) is 25.8 Å². The topological polar surface area (TPSA) is 92.9 Å². The summed E-state index contributed by atoms with van der Waals surface area (Å²) < 4.78 is 6.97. The third kappa shape index (κ3) is 3.92. The molecule has 1 aromatic carbocycles. The molecule has 1 atom stereocenters. The molecular weight excluding hydrogens is 346 g/mol. The Morgan fingerprint density at radius 3 is 2.78 bits per heavy atom. The van der Waals surface area contributed by atoms with E-state index in [1.54, 1.807) is 41.8 Å². The lowest BCUT2D eigenvalue weighted by Gasteiger charge is -2.30. The number of fused-ring (bicyclic) bond motifs is 1. The average molecular weight is 367 g/mol. The van der Waals surface area contributed by atoms with E-state index in [0.717, 1.165) is 5.56 Å². The molecule has 0 bridgehead atoms. The molecule has 0 aliphatic rings. The fraction of sp³-hybridized carbons (Fsp3) is 0.250. The molecule has 7 heteroatoms. The summed E-state index contributed by atoms with van der Waals surface area (Å²) in [5.41, 5.74) is 1.43. The van der Waals surface area contributed by atoms with Gasteiger partial charge in [0.1, 0.15) is 17.1 Å². The van der Waals surface area contributed by atoms with Crippen molar-refractivity contribution in [1.82, 2.24) is 14.7 Å². The SMILES string of the molecule is COc1cccc(C(C)(CC(=O)O)NC(=O)c2cn3ccc(C)cc3n2)c1. The Bertz CT molecular complexity index is 1010. The Kier molecular flexibility index (Phi) is 4.85. The van der Waals surface area contributed by atoms with Crippen molar-refractivity contribution in [1.29, 1.82) is 0 Å².